The Kier molecular flexibility index (Phi) is 5.07. The minimum absolute atomic E-state index is 0.0532. The van der Waals surface area contributed by atoms with Crippen molar-refractivity contribution in [2.24, 2.45) is 0 Å². The van der Waals surface area contributed by atoms with Gasteiger partial charge in [0.25, 0.3) is 5.56 Å². The average molecular weight is 340 g/mol. The van der Waals surface area contributed by atoms with Crippen LogP contribution in [-0.4, -0.2) is 50.1 Å². The molecule has 3 atom stereocenters. The van der Waals surface area contributed by atoms with E-state index in [0.29, 0.717) is 0 Å². The van der Waals surface area contributed by atoms with Crippen molar-refractivity contribution in [1.82, 2.24) is 9.55 Å². The predicted molar refractivity (Wildman–Crippen MR) is 82.3 cm³/mol. The zero-order valence-corrected chi connectivity index (χ0v) is 13.6. The molecule has 1 aliphatic rings. The van der Waals surface area contributed by atoms with Crippen molar-refractivity contribution in [2.45, 2.75) is 44.8 Å². The Bertz CT molecular complexity index is 756. The van der Waals surface area contributed by atoms with Crippen molar-refractivity contribution in [1.29, 1.82) is 0 Å². The molecule has 1 aliphatic heterocycles. The maximum Gasteiger partial charge on any atom is 0.331 e. The van der Waals surface area contributed by atoms with E-state index in [0.717, 1.165) is 16.7 Å². The molecule has 3 N–H and O–H groups in total. The average Bonchev–Trinajstić information content (AvgIpc) is 2.74. The number of aliphatic hydroxyl groups excluding tert-OH is 2. The fourth-order valence-electron chi connectivity index (χ4n) is 2.28. The lowest BCUT2D eigenvalue weighted by atomic mass is 10.1. The van der Waals surface area contributed by atoms with E-state index >= 15 is 0 Å². The van der Waals surface area contributed by atoms with Gasteiger partial charge in [-0.1, -0.05) is 0 Å². The highest BCUT2D eigenvalue weighted by molar-refractivity contribution is 5.83. The summed E-state index contributed by atoms with van der Waals surface area (Å²) in [6.45, 7) is 4.55. The van der Waals surface area contributed by atoms with E-state index in [1.807, 2.05) is 0 Å². The van der Waals surface area contributed by atoms with Crippen molar-refractivity contribution in [3.05, 3.63) is 44.8 Å². The highest BCUT2D eigenvalue weighted by atomic mass is 16.6. The molecule has 9 nitrogen and oxygen atoms in total. The van der Waals surface area contributed by atoms with E-state index in [2.05, 4.69) is 4.98 Å². The molecular weight excluding hydrogens is 320 g/mol. The summed E-state index contributed by atoms with van der Waals surface area (Å²) < 4.78 is 11.6. The number of ether oxygens (including phenoxy) is 2. The Hall–Kier alpha value is -2.23. The van der Waals surface area contributed by atoms with Crippen molar-refractivity contribution in [2.75, 3.05) is 6.61 Å². The van der Waals surface area contributed by atoms with Crippen LogP contribution in [0.3, 0.4) is 0 Å². The number of carbonyl (C=O) groups excluding carboxylic acids is 1. The summed E-state index contributed by atoms with van der Waals surface area (Å²) >= 11 is 0. The quantitative estimate of drug-likeness (QED) is 0.478. The summed E-state index contributed by atoms with van der Waals surface area (Å²) in [6, 6.07) is 1.11. The molecule has 0 unspecified atom stereocenters. The summed E-state index contributed by atoms with van der Waals surface area (Å²) in [5, 5.41) is 19.5. The number of aromatic nitrogens is 2. The lowest BCUT2D eigenvalue weighted by Gasteiger charge is -2.19. The standard InChI is InChI=1S/C15H20N2O7/c1-15(2,3)24-11(20)6-8-12(21)9(7-18)23-13(8)17-5-4-10(19)16-14(17)22/h4-6,9,12-13,18,21H,7H2,1-3H3,(H,16,19,22)/b8-6+/t9-,12+,13-/m1/s1. The van der Waals surface area contributed by atoms with Gasteiger partial charge in [0, 0.05) is 23.9 Å². The number of rotatable bonds is 3. The van der Waals surface area contributed by atoms with Crippen molar-refractivity contribution in [3.63, 3.8) is 0 Å². The van der Waals surface area contributed by atoms with E-state index in [1.165, 1.54) is 6.20 Å². The molecule has 0 aromatic carbocycles. The number of aliphatic hydroxyl groups is 2. The van der Waals surface area contributed by atoms with Crippen LogP contribution in [0.15, 0.2) is 33.5 Å². The number of nitrogens with one attached hydrogen (secondary N) is 1. The highest BCUT2D eigenvalue weighted by Crippen LogP contribution is 2.33. The van der Waals surface area contributed by atoms with Crippen LogP contribution in [0.4, 0.5) is 0 Å². The zero-order valence-electron chi connectivity index (χ0n) is 13.6. The van der Waals surface area contributed by atoms with E-state index < -0.39 is 47.9 Å². The first-order valence-corrected chi connectivity index (χ1v) is 7.32. The Morgan fingerprint density at radius 3 is 2.67 bits per heavy atom. The normalized spacial score (nSPS) is 25.9. The number of esters is 1. The Morgan fingerprint density at radius 2 is 2.12 bits per heavy atom. The summed E-state index contributed by atoms with van der Waals surface area (Å²) in [6.07, 6.45) is -1.24. The van der Waals surface area contributed by atoms with Gasteiger partial charge in [0.05, 0.1) is 6.61 Å². The third-order valence-corrected chi connectivity index (χ3v) is 3.26. The van der Waals surface area contributed by atoms with Gasteiger partial charge in [-0.3, -0.25) is 14.3 Å². The fraction of sp³-hybridized carbons (Fsp3) is 0.533. The maximum absolute atomic E-state index is 12.0. The number of carbonyl (C=O) groups is 1. The SMILES string of the molecule is CC(C)(C)OC(=O)/C=C1/[C@H](n2ccc(=O)[nH]c2=O)O[C@H](CO)[C@H]1O. The highest BCUT2D eigenvalue weighted by Gasteiger charge is 2.40. The predicted octanol–water partition coefficient (Wildman–Crippen LogP) is -0.945. The van der Waals surface area contributed by atoms with Gasteiger partial charge in [-0.2, -0.15) is 0 Å². The molecule has 1 saturated heterocycles. The number of aromatic amines is 1. The lowest BCUT2D eigenvalue weighted by Crippen LogP contribution is -2.32. The van der Waals surface area contributed by atoms with Crippen molar-refractivity contribution < 1.29 is 24.5 Å². The van der Waals surface area contributed by atoms with Gasteiger partial charge in [-0.15, -0.1) is 0 Å². The number of nitrogens with zero attached hydrogens (tertiary/aromatic N) is 1. The van der Waals surface area contributed by atoms with Gasteiger partial charge in [-0.25, -0.2) is 9.59 Å². The first-order chi connectivity index (χ1) is 11.1. The van der Waals surface area contributed by atoms with Crippen molar-refractivity contribution >= 4 is 5.97 Å². The van der Waals surface area contributed by atoms with Gasteiger partial charge in [0.2, 0.25) is 0 Å². The largest absolute Gasteiger partial charge is 0.457 e. The molecule has 0 radical (unpaired) electrons. The smallest absolute Gasteiger partial charge is 0.331 e. The van der Waals surface area contributed by atoms with E-state index in [1.54, 1.807) is 20.8 Å². The van der Waals surface area contributed by atoms with E-state index in [9.17, 15) is 24.6 Å². The molecular formula is C15H20N2O7. The number of H-pyrrole nitrogens is 1. The van der Waals surface area contributed by atoms with Crippen LogP contribution in [-0.2, 0) is 14.3 Å². The first kappa shape index (κ1) is 18.1. The topological polar surface area (TPSA) is 131 Å². The summed E-state index contributed by atoms with van der Waals surface area (Å²) in [7, 11) is 0. The molecule has 2 heterocycles. The van der Waals surface area contributed by atoms with Gasteiger partial charge in [-0.05, 0) is 20.8 Å². The Labute approximate surface area is 137 Å². The monoisotopic (exact) mass is 340 g/mol. The number of hydrogen-bond donors (Lipinski definition) is 3. The third-order valence-electron chi connectivity index (χ3n) is 3.26. The molecule has 2 rings (SSSR count). The molecule has 9 heteroatoms. The molecule has 0 saturated carbocycles. The minimum Gasteiger partial charge on any atom is -0.457 e. The molecule has 1 aromatic rings. The molecule has 132 valence electrons. The molecule has 1 fully saturated rings. The van der Waals surface area contributed by atoms with Gasteiger partial charge >= 0.3 is 11.7 Å². The van der Waals surface area contributed by atoms with Crippen LogP contribution >= 0.6 is 0 Å². The fourth-order valence-corrected chi connectivity index (χ4v) is 2.28. The summed E-state index contributed by atoms with van der Waals surface area (Å²) in [4.78, 5) is 37.2. The summed E-state index contributed by atoms with van der Waals surface area (Å²) in [5.41, 5.74) is -2.05. The van der Waals surface area contributed by atoms with Crippen molar-refractivity contribution in [3.8, 4) is 0 Å². The second kappa shape index (κ2) is 6.71. The molecule has 0 bridgehead atoms. The minimum atomic E-state index is -1.30. The van der Waals surface area contributed by atoms with Crippen LogP contribution in [0.25, 0.3) is 0 Å². The molecule has 0 amide bonds. The Morgan fingerprint density at radius 1 is 1.46 bits per heavy atom. The van der Waals surface area contributed by atoms with Crippen LogP contribution in [0.5, 0.6) is 0 Å². The molecule has 24 heavy (non-hydrogen) atoms. The lowest BCUT2D eigenvalue weighted by molar-refractivity contribution is -0.148. The first-order valence-electron chi connectivity index (χ1n) is 7.32. The van der Waals surface area contributed by atoms with Crippen LogP contribution in [0.2, 0.25) is 0 Å². The summed E-state index contributed by atoms with van der Waals surface area (Å²) in [5.74, 6) is -0.721. The van der Waals surface area contributed by atoms with Gasteiger partial charge < -0.3 is 19.7 Å². The molecule has 0 spiro atoms. The third kappa shape index (κ3) is 3.99. The second-order valence-electron chi connectivity index (χ2n) is 6.35. The zero-order chi connectivity index (χ0) is 18.1. The van der Waals surface area contributed by atoms with E-state index in [-0.39, 0.29) is 5.57 Å². The molecule has 0 aliphatic carbocycles. The molecule has 1 aromatic heterocycles. The van der Waals surface area contributed by atoms with Crippen LogP contribution < -0.4 is 11.2 Å². The van der Waals surface area contributed by atoms with E-state index in [4.69, 9.17) is 9.47 Å². The maximum atomic E-state index is 12.0. The Balaban J connectivity index is 2.42. The number of hydrogen-bond acceptors (Lipinski definition) is 7. The van der Waals surface area contributed by atoms with Gasteiger partial charge in [0.15, 0.2) is 6.23 Å². The van der Waals surface area contributed by atoms with Crippen LogP contribution in [0.1, 0.15) is 27.0 Å². The van der Waals surface area contributed by atoms with Crippen LogP contribution in [0, 0.1) is 0 Å². The van der Waals surface area contributed by atoms with Gasteiger partial charge in [0.1, 0.15) is 17.8 Å². The second-order valence-corrected chi connectivity index (χ2v) is 6.35.